The Kier molecular flexibility index (Phi) is 12.2. The molecule has 1 heterocycles. The minimum atomic E-state index is -0.798. The summed E-state index contributed by atoms with van der Waals surface area (Å²) in [6.07, 6.45) is 2.10. The van der Waals surface area contributed by atoms with Crippen molar-refractivity contribution in [1.82, 2.24) is 10.6 Å². The zero-order chi connectivity index (χ0) is 28.0. The highest BCUT2D eigenvalue weighted by Crippen LogP contribution is 2.16. The van der Waals surface area contributed by atoms with Gasteiger partial charge in [0.2, 0.25) is 5.91 Å². The summed E-state index contributed by atoms with van der Waals surface area (Å²) in [6.45, 7) is 5.84. The van der Waals surface area contributed by atoms with E-state index in [0.717, 1.165) is 11.3 Å². The standard InChI is InChI=1S/C31H38N2O5S/c1-4-29(38-24-14-9-6-10-15-24)31(36)33-27(18-22(2)3)30(35)32-26(19-23-12-7-5-8-13-23)28(34)21-39-20-25-16-11-17-37-25/h5-17,22,26-27,29H,4,18-21H2,1-3H3,(H,32,35)(H,33,36)/t26?,27-,29-/m0/s1. The van der Waals surface area contributed by atoms with Crippen LogP contribution in [0, 0.1) is 5.92 Å². The maximum Gasteiger partial charge on any atom is 0.261 e. The number of nitrogens with one attached hydrogen (secondary N) is 2. The van der Waals surface area contributed by atoms with Gasteiger partial charge in [-0.3, -0.25) is 14.4 Å². The molecule has 3 rings (SSSR count). The second-order valence-corrected chi connectivity index (χ2v) is 10.8. The first-order valence-electron chi connectivity index (χ1n) is 13.3. The summed E-state index contributed by atoms with van der Waals surface area (Å²) in [6, 6.07) is 20.9. The Morgan fingerprint density at radius 2 is 1.54 bits per heavy atom. The highest BCUT2D eigenvalue weighted by molar-refractivity contribution is 7.99. The summed E-state index contributed by atoms with van der Waals surface area (Å²) < 4.78 is 11.2. The van der Waals surface area contributed by atoms with Crippen LogP contribution in [0.2, 0.25) is 0 Å². The van der Waals surface area contributed by atoms with Gasteiger partial charge in [-0.15, -0.1) is 11.8 Å². The van der Waals surface area contributed by atoms with E-state index in [-0.39, 0.29) is 29.3 Å². The number of para-hydroxylation sites is 1. The summed E-state index contributed by atoms with van der Waals surface area (Å²) >= 11 is 1.44. The fourth-order valence-electron chi connectivity index (χ4n) is 4.07. The van der Waals surface area contributed by atoms with Crippen LogP contribution in [-0.2, 0) is 26.6 Å². The number of amides is 2. The average Bonchev–Trinajstić information content (AvgIpc) is 3.45. The van der Waals surface area contributed by atoms with Gasteiger partial charge in [0.1, 0.15) is 17.6 Å². The van der Waals surface area contributed by atoms with Crippen molar-refractivity contribution in [3.63, 3.8) is 0 Å². The molecule has 1 aromatic heterocycles. The number of hydrogen-bond donors (Lipinski definition) is 2. The molecular weight excluding hydrogens is 512 g/mol. The summed E-state index contributed by atoms with van der Waals surface area (Å²) in [7, 11) is 0. The molecule has 1 unspecified atom stereocenters. The van der Waals surface area contributed by atoms with E-state index in [1.54, 1.807) is 18.4 Å². The normalized spacial score (nSPS) is 13.3. The van der Waals surface area contributed by atoms with E-state index in [1.165, 1.54) is 11.8 Å². The van der Waals surface area contributed by atoms with Gasteiger partial charge in [0.15, 0.2) is 11.9 Å². The van der Waals surface area contributed by atoms with Crippen LogP contribution in [0.4, 0.5) is 0 Å². The minimum absolute atomic E-state index is 0.0859. The summed E-state index contributed by atoms with van der Waals surface area (Å²) in [4.78, 5) is 39.9. The van der Waals surface area contributed by atoms with Gasteiger partial charge in [-0.1, -0.05) is 69.3 Å². The topological polar surface area (TPSA) is 97.6 Å². The monoisotopic (exact) mass is 550 g/mol. The first-order chi connectivity index (χ1) is 18.9. The Balaban J connectivity index is 1.69. The molecule has 2 N–H and O–H groups in total. The number of carbonyl (C=O) groups excluding carboxylic acids is 3. The van der Waals surface area contributed by atoms with E-state index in [4.69, 9.17) is 9.15 Å². The number of furan rings is 1. The molecule has 2 aromatic carbocycles. The van der Waals surface area contributed by atoms with Gasteiger partial charge in [-0.05, 0) is 55.0 Å². The smallest absolute Gasteiger partial charge is 0.261 e. The fourth-order valence-corrected chi connectivity index (χ4v) is 4.94. The third-order valence-electron chi connectivity index (χ3n) is 6.08. The van der Waals surface area contributed by atoms with Gasteiger partial charge >= 0.3 is 0 Å². The Bertz CT molecular complexity index is 1150. The molecule has 3 aromatic rings. The molecule has 0 saturated carbocycles. The van der Waals surface area contributed by atoms with Gasteiger partial charge in [-0.2, -0.15) is 0 Å². The molecule has 0 bridgehead atoms. The Hall–Kier alpha value is -3.52. The maximum absolute atomic E-state index is 13.5. The molecule has 0 spiro atoms. The quantitative estimate of drug-likeness (QED) is 0.255. The van der Waals surface area contributed by atoms with E-state index in [1.807, 2.05) is 81.4 Å². The Morgan fingerprint density at radius 1 is 0.872 bits per heavy atom. The second-order valence-electron chi connectivity index (χ2n) is 9.81. The molecule has 39 heavy (non-hydrogen) atoms. The van der Waals surface area contributed by atoms with Crippen molar-refractivity contribution in [2.75, 3.05) is 5.75 Å². The van der Waals surface area contributed by atoms with Crippen molar-refractivity contribution >= 4 is 29.4 Å². The van der Waals surface area contributed by atoms with E-state index < -0.39 is 18.2 Å². The molecule has 0 aliphatic heterocycles. The number of benzene rings is 2. The first kappa shape index (κ1) is 30.0. The second kappa shape index (κ2) is 15.8. The predicted octanol–water partition coefficient (Wildman–Crippen LogP) is 5.20. The SMILES string of the molecule is CC[C@H](Oc1ccccc1)C(=O)N[C@@H](CC(C)C)C(=O)NC(Cc1ccccc1)C(=O)CSCc1ccco1. The van der Waals surface area contributed by atoms with Crippen molar-refractivity contribution in [2.45, 2.75) is 64.0 Å². The van der Waals surface area contributed by atoms with Gasteiger partial charge in [0, 0.05) is 0 Å². The minimum Gasteiger partial charge on any atom is -0.481 e. The molecule has 208 valence electrons. The highest BCUT2D eigenvalue weighted by atomic mass is 32.2. The largest absolute Gasteiger partial charge is 0.481 e. The van der Waals surface area contributed by atoms with Crippen LogP contribution in [0.25, 0.3) is 0 Å². The molecule has 8 heteroatoms. The van der Waals surface area contributed by atoms with Gasteiger partial charge in [0.05, 0.1) is 23.8 Å². The van der Waals surface area contributed by atoms with Crippen LogP contribution in [0.5, 0.6) is 5.75 Å². The van der Waals surface area contributed by atoms with Crippen LogP contribution in [0.15, 0.2) is 83.5 Å². The highest BCUT2D eigenvalue weighted by Gasteiger charge is 2.30. The lowest BCUT2D eigenvalue weighted by Gasteiger charge is -2.26. The maximum atomic E-state index is 13.5. The van der Waals surface area contributed by atoms with Gasteiger partial charge in [-0.25, -0.2) is 0 Å². The van der Waals surface area contributed by atoms with E-state index >= 15 is 0 Å². The molecule has 0 radical (unpaired) electrons. The van der Waals surface area contributed by atoms with Gasteiger partial charge in [0.25, 0.3) is 5.91 Å². The molecule has 3 atom stereocenters. The third kappa shape index (κ3) is 10.3. The van der Waals surface area contributed by atoms with E-state index in [0.29, 0.717) is 30.8 Å². The van der Waals surface area contributed by atoms with Crippen LogP contribution in [-0.4, -0.2) is 41.5 Å². The summed E-state index contributed by atoms with van der Waals surface area (Å²) in [5.41, 5.74) is 0.943. The number of rotatable bonds is 16. The third-order valence-corrected chi connectivity index (χ3v) is 7.06. The van der Waals surface area contributed by atoms with E-state index in [9.17, 15) is 14.4 Å². The lowest BCUT2D eigenvalue weighted by Crippen LogP contribution is -2.54. The van der Waals surface area contributed by atoms with Crippen molar-refractivity contribution in [1.29, 1.82) is 0 Å². The van der Waals surface area contributed by atoms with E-state index in [2.05, 4.69) is 10.6 Å². The molecule has 7 nitrogen and oxygen atoms in total. The molecule has 0 aliphatic carbocycles. The zero-order valence-corrected chi connectivity index (χ0v) is 23.6. The molecular formula is C31H38N2O5S. The summed E-state index contributed by atoms with van der Waals surface area (Å²) in [5.74, 6) is 1.49. The van der Waals surface area contributed by atoms with Crippen molar-refractivity contribution in [3.05, 3.63) is 90.4 Å². The summed E-state index contributed by atoms with van der Waals surface area (Å²) in [5, 5.41) is 5.83. The number of Topliss-reactive ketones (excluding diaryl/α,β-unsaturated/α-hetero) is 1. The van der Waals surface area contributed by atoms with Crippen LogP contribution >= 0.6 is 11.8 Å². The average molecular weight is 551 g/mol. The number of carbonyl (C=O) groups is 3. The number of thioether (sulfide) groups is 1. The predicted molar refractivity (Wildman–Crippen MR) is 154 cm³/mol. The molecule has 0 saturated heterocycles. The van der Waals surface area contributed by atoms with Crippen LogP contribution in [0.3, 0.4) is 0 Å². The number of ketones is 1. The fraction of sp³-hybridized carbons (Fsp3) is 0.387. The first-order valence-corrected chi connectivity index (χ1v) is 14.5. The van der Waals surface area contributed by atoms with Crippen molar-refractivity contribution in [3.8, 4) is 5.75 Å². The van der Waals surface area contributed by atoms with Gasteiger partial charge < -0.3 is 19.8 Å². The number of ether oxygens (including phenoxy) is 1. The molecule has 0 fully saturated rings. The van der Waals surface area contributed by atoms with Crippen LogP contribution in [0.1, 0.15) is 44.9 Å². The molecule has 2 amide bonds. The van der Waals surface area contributed by atoms with Crippen molar-refractivity contribution in [2.24, 2.45) is 5.92 Å². The Labute approximate surface area is 235 Å². The lowest BCUT2D eigenvalue weighted by atomic mass is 9.99. The number of hydrogen-bond acceptors (Lipinski definition) is 6. The van der Waals surface area contributed by atoms with Crippen LogP contribution < -0.4 is 15.4 Å². The lowest BCUT2D eigenvalue weighted by molar-refractivity contribution is -0.134. The molecule has 0 aliphatic rings. The zero-order valence-electron chi connectivity index (χ0n) is 22.8. The van der Waals surface area contributed by atoms with Crippen molar-refractivity contribution < 1.29 is 23.5 Å². The Morgan fingerprint density at radius 3 is 2.15 bits per heavy atom.